The van der Waals surface area contributed by atoms with Gasteiger partial charge >= 0.3 is 37.9 Å². The molecule has 4 heteroatoms. The number of hydrogen-bond acceptors (Lipinski definition) is 0. The second-order valence-corrected chi connectivity index (χ2v) is 18.4. The monoisotopic (exact) mass is 740 g/mol. The number of benzene rings is 4. The minimum absolute atomic E-state index is 0.184. The molecule has 46 heavy (non-hydrogen) atoms. The Labute approximate surface area is 299 Å². The average Bonchev–Trinajstić information content (AvgIpc) is 3.59. The molecule has 0 saturated heterocycles. The first-order valence-corrected chi connectivity index (χ1v) is 24.3. The molecule has 6 rings (SSSR count). The second kappa shape index (κ2) is 18.4. The molecule has 0 nitrogen and oxygen atoms in total. The molecule has 6 aromatic rings. The van der Waals surface area contributed by atoms with E-state index in [0.717, 1.165) is 22.4 Å². The van der Waals surface area contributed by atoms with Crippen LogP contribution in [-0.2, 0) is 44.5 Å². The summed E-state index contributed by atoms with van der Waals surface area (Å²) in [5.41, 5.74) is 9.05. The standard InChI is InChI=1S/2C20H21.C2H6Si.2ClH.Zr/c2*1-20(2,3)19-14-16-11-7-8-12-17(16)18(19)13-15-9-5-4-6-10-15;1-3-2;;;/h2*4-12,14H,13H2,1-3H3;1-2H3;2*1H;/q2*-1;;;;+4/p-2. The molecule has 238 valence electrons. The van der Waals surface area contributed by atoms with Crippen molar-refractivity contribution in [3.63, 3.8) is 0 Å². The molecular weight excluding hydrogens is 695 g/mol. The summed E-state index contributed by atoms with van der Waals surface area (Å²) in [6.07, 6.45) is 2.03. The van der Waals surface area contributed by atoms with Gasteiger partial charge in [0.05, 0.1) is 0 Å². The fraction of sp³-hybridized carbons (Fsp3) is 0.286. The van der Waals surface area contributed by atoms with Crippen molar-refractivity contribution in [2.45, 2.75) is 78.3 Å². The Kier molecular flexibility index (Phi) is 15.3. The maximum absolute atomic E-state index is 4.93. The third-order valence-electron chi connectivity index (χ3n) is 7.89. The summed E-state index contributed by atoms with van der Waals surface area (Å²) in [7, 11) is 11.0. The quantitative estimate of drug-likeness (QED) is 0.125. The molecule has 0 aliphatic heterocycles. The van der Waals surface area contributed by atoms with Crippen molar-refractivity contribution >= 4 is 48.1 Å². The third kappa shape index (κ3) is 10.9. The summed E-state index contributed by atoms with van der Waals surface area (Å²) >= 11 is -0.826. The molecule has 0 aliphatic carbocycles. The van der Waals surface area contributed by atoms with E-state index in [1.165, 1.54) is 54.9 Å². The van der Waals surface area contributed by atoms with Crippen molar-refractivity contribution in [3.05, 3.63) is 155 Å². The molecular formula is C42H48Cl2SiZr. The van der Waals surface area contributed by atoms with Crippen molar-refractivity contribution in [3.8, 4) is 0 Å². The summed E-state index contributed by atoms with van der Waals surface area (Å²) in [4.78, 5) is 0. The van der Waals surface area contributed by atoms with Gasteiger partial charge in [0.1, 0.15) is 0 Å². The van der Waals surface area contributed by atoms with E-state index in [2.05, 4.69) is 176 Å². The van der Waals surface area contributed by atoms with Gasteiger partial charge in [-0.05, 0) is 23.7 Å². The van der Waals surface area contributed by atoms with Gasteiger partial charge in [-0.1, -0.05) is 139 Å². The Hall–Kier alpha value is -2.22. The molecule has 0 heterocycles. The van der Waals surface area contributed by atoms with E-state index in [1.807, 2.05) is 0 Å². The Balaban J connectivity index is 0.000000214. The third-order valence-corrected chi connectivity index (χ3v) is 7.89. The average molecular weight is 743 g/mol. The Bertz CT molecular complexity index is 1600. The topological polar surface area (TPSA) is 0 Å². The number of halogens is 2. The van der Waals surface area contributed by atoms with Crippen LogP contribution in [0.2, 0.25) is 13.1 Å². The zero-order valence-corrected chi connectivity index (χ0v) is 33.7. The van der Waals surface area contributed by atoms with E-state index in [4.69, 9.17) is 17.0 Å². The fourth-order valence-electron chi connectivity index (χ4n) is 5.89. The zero-order chi connectivity index (χ0) is 33.7. The molecule has 0 N–H and O–H groups in total. The molecule has 0 amide bonds. The molecule has 0 aliphatic rings. The van der Waals surface area contributed by atoms with E-state index < -0.39 is 20.8 Å². The van der Waals surface area contributed by atoms with Crippen molar-refractivity contribution in [1.29, 1.82) is 0 Å². The van der Waals surface area contributed by atoms with Crippen LogP contribution in [0.1, 0.15) is 74.9 Å². The zero-order valence-electron chi connectivity index (χ0n) is 28.7. The predicted molar refractivity (Wildman–Crippen MR) is 204 cm³/mol. The van der Waals surface area contributed by atoms with Gasteiger partial charge < -0.3 is 0 Å². The van der Waals surface area contributed by atoms with E-state index in [9.17, 15) is 0 Å². The van der Waals surface area contributed by atoms with Crippen molar-refractivity contribution in [2.24, 2.45) is 0 Å². The second-order valence-electron chi connectivity index (χ2n) is 13.6. The van der Waals surface area contributed by atoms with Crippen molar-refractivity contribution in [2.75, 3.05) is 0 Å². The van der Waals surface area contributed by atoms with Crippen LogP contribution in [0.3, 0.4) is 0 Å². The minimum atomic E-state index is -0.826. The van der Waals surface area contributed by atoms with E-state index >= 15 is 0 Å². The van der Waals surface area contributed by atoms with Gasteiger partial charge in [0.2, 0.25) is 0 Å². The van der Waals surface area contributed by atoms with Crippen LogP contribution >= 0.6 is 17.0 Å². The Morgan fingerprint density at radius 1 is 0.522 bits per heavy atom. The predicted octanol–water partition coefficient (Wildman–Crippen LogP) is 13.1. The van der Waals surface area contributed by atoms with Crippen LogP contribution in [0.5, 0.6) is 0 Å². The summed E-state index contributed by atoms with van der Waals surface area (Å²) in [6, 6.07) is 43.7. The van der Waals surface area contributed by atoms with Crippen molar-refractivity contribution in [1.82, 2.24) is 0 Å². The molecule has 0 bridgehead atoms. The molecule has 0 unspecified atom stereocenters. The van der Waals surface area contributed by atoms with Gasteiger partial charge in [-0.3, -0.25) is 0 Å². The SMILES string of the molecule is CC(C)(C)c1cc2ccccc2[c-]1Cc1ccccc1.CC(C)(C)c1cc2ccccc2[c-]1Cc1ccccc1.C[Si]C.[Cl][Zr+2][Cl]. The maximum atomic E-state index is 4.93. The van der Waals surface area contributed by atoms with Crippen LogP contribution in [0.25, 0.3) is 21.5 Å². The van der Waals surface area contributed by atoms with Crippen LogP contribution in [0.4, 0.5) is 0 Å². The first-order valence-electron chi connectivity index (χ1n) is 15.9. The van der Waals surface area contributed by atoms with E-state index in [1.54, 1.807) is 0 Å². The Morgan fingerprint density at radius 2 is 0.804 bits per heavy atom. The molecule has 0 fully saturated rings. The van der Waals surface area contributed by atoms with Gasteiger partial charge in [-0.2, -0.15) is 12.1 Å². The molecule has 6 aromatic carbocycles. The first kappa shape index (κ1) is 38.2. The molecule has 0 aromatic heterocycles. The molecule has 0 spiro atoms. The summed E-state index contributed by atoms with van der Waals surface area (Å²) in [6.45, 7) is 18.1. The van der Waals surface area contributed by atoms with Crippen molar-refractivity contribution < 1.29 is 20.8 Å². The van der Waals surface area contributed by atoms with Gasteiger partial charge in [-0.25, -0.2) is 0 Å². The van der Waals surface area contributed by atoms with Crippen LogP contribution in [0, 0.1) is 0 Å². The Morgan fingerprint density at radius 3 is 1.11 bits per heavy atom. The van der Waals surface area contributed by atoms with Gasteiger partial charge in [0, 0.05) is 9.52 Å². The number of rotatable bonds is 4. The van der Waals surface area contributed by atoms with E-state index in [-0.39, 0.29) is 10.8 Å². The van der Waals surface area contributed by atoms with Gasteiger partial charge in [-0.15, -0.1) is 80.2 Å². The number of hydrogen-bond donors (Lipinski definition) is 0. The summed E-state index contributed by atoms with van der Waals surface area (Å²) in [5, 5.41) is 5.54. The summed E-state index contributed by atoms with van der Waals surface area (Å²) < 4.78 is 0. The van der Waals surface area contributed by atoms with Crippen LogP contribution in [-0.4, -0.2) is 9.52 Å². The normalized spacial score (nSPS) is 11.0. The summed E-state index contributed by atoms with van der Waals surface area (Å²) in [5.74, 6) is 0. The van der Waals surface area contributed by atoms with Crippen LogP contribution in [0.15, 0.2) is 121 Å². The van der Waals surface area contributed by atoms with E-state index in [0.29, 0.717) is 0 Å². The molecule has 0 atom stereocenters. The van der Waals surface area contributed by atoms with Gasteiger partial charge in [0.25, 0.3) is 0 Å². The molecule has 2 radical (unpaired) electrons. The van der Waals surface area contributed by atoms with Gasteiger partial charge in [0.15, 0.2) is 0 Å². The van der Waals surface area contributed by atoms with Crippen LogP contribution < -0.4 is 0 Å². The number of fused-ring (bicyclic) bond motifs is 2. The molecule has 0 saturated carbocycles. The fourth-order valence-corrected chi connectivity index (χ4v) is 5.89. The first-order chi connectivity index (χ1) is 21.9.